The van der Waals surface area contributed by atoms with Gasteiger partial charge in [0.25, 0.3) is 0 Å². The van der Waals surface area contributed by atoms with E-state index in [4.69, 9.17) is 5.73 Å². The Labute approximate surface area is 125 Å². The van der Waals surface area contributed by atoms with Gasteiger partial charge in [-0.1, -0.05) is 6.07 Å². The number of nitrogens with zero attached hydrogens (tertiary/aromatic N) is 1. The Morgan fingerprint density at radius 1 is 1.33 bits per heavy atom. The highest BCUT2D eigenvalue weighted by atomic mass is 32.2. The van der Waals surface area contributed by atoms with Crippen LogP contribution in [-0.2, 0) is 22.9 Å². The van der Waals surface area contributed by atoms with E-state index in [1.807, 2.05) is 6.07 Å². The van der Waals surface area contributed by atoms with E-state index < -0.39 is 10.0 Å². The highest BCUT2D eigenvalue weighted by Gasteiger charge is 2.10. The van der Waals surface area contributed by atoms with Crippen molar-refractivity contribution in [3.05, 3.63) is 29.3 Å². The maximum atomic E-state index is 10.9. The molecule has 0 aromatic heterocycles. The second kappa shape index (κ2) is 6.91. The lowest BCUT2D eigenvalue weighted by Gasteiger charge is -2.08. The van der Waals surface area contributed by atoms with E-state index in [-0.39, 0.29) is 0 Å². The van der Waals surface area contributed by atoms with E-state index in [9.17, 15) is 8.42 Å². The van der Waals surface area contributed by atoms with Crippen molar-refractivity contribution in [2.24, 2.45) is 10.7 Å². The fourth-order valence-corrected chi connectivity index (χ4v) is 2.89. The number of hydrogen-bond acceptors (Lipinski definition) is 3. The number of benzene rings is 1. The van der Waals surface area contributed by atoms with Crippen molar-refractivity contribution in [1.82, 2.24) is 4.72 Å². The Kier molecular flexibility index (Phi) is 5.19. The molecule has 0 spiro atoms. The molecule has 1 aromatic carbocycles. The van der Waals surface area contributed by atoms with Crippen molar-refractivity contribution in [1.29, 1.82) is 0 Å². The van der Waals surface area contributed by atoms with Gasteiger partial charge in [0.2, 0.25) is 10.0 Å². The maximum Gasteiger partial charge on any atom is 0.208 e. The standard InChI is InChI=1S/C14H22N4O2S/c1-21(19,20)17-9-3-8-16-14(15)18-13-7-6-11-4-2-5-12(11)10-13/h6-7,10,17H,2-5,8-9H2,1H3,(H3,15,16,18). The minimum atomic E-state index is -3.12. The highest BCUT2D eigenvalue weighted by Crippen LogP contribution is 2.24. The van der Waals surface area contributed by atoms with E-state index in [0.717, 1.165) is 24.8 Å². The molecule has 4 N–H and O–H groups in total. The summed E-state index contributed by atoms with van der Waals surface area (Å²) >= 11 is 0. The third-order valence-corrected chi connectivity index (χ3v) is 4.08. The summed E-state index contributed by atoms with van der Waals surface area (Å²) in [4.78, 5) is 4.18. The Morgan fingerprint density at radius 3 is 2.86 bits per heavy atom. The number of nitrogens with two attached hydrogens (primary N) is 1. The van der Waals surface area contributed by atoms with Crippen LogP contribution in [0.2, 0.25) is 0 Å². The number of sulfonamides is 1. The summed E-state index contributed by atoms with van der Waals surface area (Å²) < 4.78 is 24.2. The van der Waals surface area contributed by atoms with Gasteiger partial charge in [-0.05, 0) is 48.9 Å². The van der Waals surface area contributed by atoms with Crippen molar-refractivity contribution >= 4 is 21.7 Å². The normalized spacial score (nSPS) is 15.0. The zero-order chi connectivity index (χ0) is 15.3. The first-order valence-corrected chi connectivity index (χ1v) is 8.96. The van der Waals surface area contributed by atoms with Gasteiger partial charge in [-0.3, -0.25) is 4.99 Å². The first kappa shape index (κ1) is 15.8. The summed E-state index contributed by atoms with van der Waals surface area (Å²) in [6.45, 7) is 0.848. The molecule has 2 rings (SSSR count). The van der Waals surface area contributed by atoms with Gasteiger partial charge in [-0.25, -0.2) is 13.1 Å². The van der Waals surface area contributed by atoms with Gasteiger partial charge in [0.05, 0.1) is 6.26 Å². The van der Waals surface area contributed by atoms with Crippen LogP contribution in [0.3, 0.4) is 0 Å². The van der Waals surface area contributed by atoms with Crippen molar-refractivity contribution < 1.29 is 8.42 Å². The lowest BCUT2D eigenvalue weighted by molar-refractivity contribution is 0.586. The summed E-state index contributed by atoms with van der Waals surface area (Å²) in [5.41, 5.74) is 9.57. The first-order valence-electron chi connectivity index (χ1n) is 7.07. The quantitative estimate of drug-likeness (QED) is 0.412. The van der Waals surface area contributed by atoms with E-state index in [2.05, 4.69) is 27.2 Å². The largest absolute Gasteiger partial charge is 0.370 e. The molecular weight excluding hydrogens is 288 g/mol. The number of aryl methyl sites for hydroxylation is 2. The lowest BCUT2D eigenvalue weighted by atomic mass is 10.1. The fourth-order valence-electron chi connectivity index (χ4n) is 2.37. The Balaban J connectivity index is 1.78. The molecule has 1 aliphatic rings. The minimum Gasteiger partial charge on any atom is -0.370 e. The molecule has 116 valence electrons. The van der Waals surface area contributed by atoms with E-state index in [0.29, 0.717) is 25.5 Å². The molecule has 1 aromatic rings. The average Bonchev–Trinajstić information content (AvgIpc) is 2.84. The second-order valence-corrected chi connectivity index (χ2v) is 7.08. The Bertz CT molecular complexity index is 626. The summed E-state index contributed by atoms with van der Waals surface area (Å²) in [5, 5.41) is 3.07. The fraction of sp³-hybridized carbons (Fsp3) is 0.500. The molecular formula is C14H22N4O2S. The minimum absolute atomic E-state index is 0.354. The van der Waals surface area contributed by atoms with Crippen LogP contribution in [0.15, 0.2) is 23.2 Å². The molecule has 21 heavy (non-hydrogen) atoms. The van der Waals surface area contributed by atoms with Crippen LogP contribution in [0, 0.1) is 0 Å². The van der Waals surface area contributed by atoms with Gasteiger partial charge >= 0.3 is 0 Å². The molecule has 0 saturated carbocycles. The van der Waals surface area contributed by atoms with E-state index in [1.54, 1.807) is 0 Å². The summed E-state index contributed by atoms with van der Waals surface area (Å²) in [5.74, 6) is 0.354. The molecule has 0 atom stereocenters. The molecule has 0 unspecified atom stereocenters. The molecule has 0 bridgehead atoms. The number of aliphatic imine (C=N–C) groups is 1. The number of anilines is 1. The molecule has 0 aliphatic heterocycles. The molecule has 0 fully saturated rings. The first-order chi connectivity index (χ1) is 9.94. The molecule has 1 aliphatic carbocycles. The molecule has 7 heteroatoms. The average molecular weight is 310 g/mol. The van der Waals surface area contributed by atoms with Gasteiger partial charge < -0.3 is 11.1 Å². The number of fused-ring (bicyclic) bond motifs is 1. The van der Waals surface area contributed by atoms with Gasteiger partial charge in [-0.2, -0.15) is 0 Å². The zero-order valence-corrected chi connectivity index (χ0v) is 13.0. The molecule has 0 saturated heterocycles. The zero-order valence-electron chi connectivity index (χ0n) is 12.2. The van der Waals surface area contributed by atoms with Gasteiger partial charge in [0.15, 0.2) is 5.96 Å². The van der Waals surface area contributed by atoms with Crippen molar-refractivity contribution in [2.75, 3.05) is 24.7 Å². The SMILES string of the molecule is CS(=O)(=O)NCCCN=C(N)Nc1ccc2c(c1)CCC2. The predicted octanol–water partition coefficient (Wildman–Crippen LogP) is 0.841. The summed E-state index contributed by atoms with van der Waals surface area (Å²) in [7, 11) is -3.12. The van der Waals surface area contributed by atoms with Crippen molar-refractivity contribution in [3.8, 4) is 0 Å². The lowest BCUT2D eigenvalue weighted by Crippen LogP contribution is -2.25. The second-order valence-electron chi connectivity index (χ2n) is 5.25. The summed E-state index contributed by atoms with van der Waals surface area (Å²) in [6.07, 6.45) is 5.25. The third kappa shape index (κ3) is 5.35. The Hall–Kier alpha value is -1.60. The van der Waals surface area contributed by atoms with Gasteiger partial charge in [0.1, 0.15) is 0 Å². The molecule has 6 nitrogen and oxygen atoms in total. The maximum absolute atomic E-state index is 10.9. The third-order valence-electron chi connectivity index (χ3n) is 3.35. The van der Waals surface area contributed by atoms with Crippen LogP contribution in [0.1, 0.15) is 24.0 Å². The van der Waals surface area contributed by atoms with Gasteiger partial charge in [0, 0.05) is 18.8 Å². The van der Waals surface area contributed by atoms with Crippen LogP contribution in [0.4, 0.5) is 5.69 Å². The monoisotopic (exact) mass is 310 g/mol. The Morgan fingerprint density at radius 2 is 2.10 bits per heavy atom. The number of rotatable bonds is 6. The van der Waals surface area contributed by atoms with Crippen LogP contribution >= 0.6 is 0 Å². The smallest absolute Gasteiger partial charge is 0.208 e. The van der Waals surface area contributed by atoms with Crippen molar-refractivity contribution in [3.63, 3.8) is 0 Å². The van der Waals surface area contributed by atoms with Gasteiger partial charge in [-0.15, -0.1) is 0 Å². The molecule has 0 amide bonds. The highest BCUT2D eigenvalue weighted by molar-refractivity contribution is 7.88. The van der Waals surface area contributed by atoms with Crippen LogP contribution in [0.25, 0.3) is 0 Å². The van der Waals surface area contributed by atoms with Crippen LogP contribution < -0.4 is 15.8 Å². The van der Waals surface area contributed by atoms with E-state index >= 15 is 0 Å². The summed E-state index contributed by atoms with van der Waals surface area (Å²) in [6, 6.07) is 6.27. The number of hydrogen-bond donors (Lipinski definition) is 3. The predicted molar refractivity (Wildman–Crippen MR) is 86.0 cm³/mol. The molecule has 0 heterocycles. The molecule has 0 radical (unpaired) electrons. The van der Waals surface area contributed by atoms with Crippen LogP contribution in [0.5, 0.6) is 0 Å². The van der Waals surface area contributed by atoms with Crippen molar-refractivity contribution in [2.45, 2.75) is 25.7 Å². The van der Waals surface area contributed by atoms with E-state index in [1.165, 1.54) is 17.5 Å². The number of guanidine groups is 1. The topological polar surface area (TPSA) is 96.6 Å². The van der Waals surface area contributed by atoms with Crippen LogP contribution in [-0.4, -0.2) is 33.7 Å². The number of nitrogens with one attached hydrogen (secondary N) is 2.